The maximum Gasteiger partial charge on any atom is 0.236 e. The van der Waals surface area contributed by atoms with Crippen molar-refractivity contribution in [2.24, 2.45) is 5.41 Å². The van der Waals surface area contributed by atoms with Gasteiger partial charge in [-0.2, -0.15) is 0 Å². The van der Waals surface area contributed by atoms with Gasteiger partial charge < -0.3 is 19.7 Å². The smallest absolute Gasteiger partial charge is 0.236 e. The van der Waals surface area contributed by atoms with Gasteiger partial charge >= 0.3 is 0 Å². The highest BCUT2D eigenvalue weighted by atomic mass is 35.5. The van der Waals surface area contributed by atoms with E-state index >= 15 is 0 Å². The van der Waals surface area contributed by atoms with Gasteiger partial charge in [-0.05, 0) is 24.7 Å². The number of amides is 1. The highest BCUT2D eigenvalue weighted by Crippen LogP contribution is 2.39. The van der Waals surface area contributed by atoms with Gasteiger partial charge in [0.25, 0.3) is 0 Å². The van der Waals surface area contributed by atoms with Crippen LogP contribution in [0.5, 0.6) is 0 Å². The van der Waals surface area contributed by atoms with Gasteiger partial charge in [0.1, 0.15) is 0 Å². The zero-order valence-electron chi connectivity index (χ0n) is 11.7. The van der Waals surface area contributed by atoms with Crippen LogP contribution in [0, 0.1) is 5.41 Å². The molecule has 1 amide bonds. The Labute approximate surface area is 121 Å². The van der Waals surface area contributed by atoms with Crippen LogP contribution in [0.3, 0.4) is 0 Å². The Morgan fingerprint density at radius 2 is 2.11 bits per heavy atom. The largest absolute Gasteiger partial charge is 0.383 e. The summed E-state index contributed by atoms with van der Waals surface area (Å²) >= 11 is 0. The number of rotatable bonds is 5. The van der Waals surface area contributed by atoms with Crippen LogP contribution in [-0.2, 0) is 14.3 Å². The van der Waals surface area contributed by atoms with Gasteiger partial charge in [0, 0.05) is 40.0 Å². The normalized spacial score (nSPS) is 21.4. The molecule has 1 spiro atoms. The molecule has 0 aromatic heterocycles. The predicted molar refractivity (Wildman–Crippen MR) is 75.7 cm³/mol. The Kier molecular flexibility index (Phi) is 7.07. The van der Waals surface area contributed by atoms with E-state index in [2.05, 4.69) is 5.32 Å². The third-order valence-electron chi connectivity index (χ3n) is 4.10. The molecule has 0 atom stereocenters. The number of likely N-dealkylation sites (tertiary alicyclic amines) is 1. The molecular weight excluding hydrogens is 268 g/mol. The highest BCUT2D eigenvalue weighted by molar-refractivity contribution is 5.85. The minimum Gasteiger partial charge on any atom is -0.383 e. The van der Waals surface area contributed by atoms with Crippen molar-refractivity contribution in [1.29, 1.82) is 0 Å². The molecule has 1 N–H and O–H groups in total. The summed E-state index contributed by atoms with van der Waals surface area (Å²) in [4.78, 5) is 14.0. The van der Waals surface area contributed by atoms with Crippen molar-refractivity contribution in [2.45, 2.75) is 19.3 Å². The minimum atomic E-state index is 0. The molecule has 0 radical (unpaired) electrons. The van der Waals surface area contributed by atoms with E-state index in [0.29, 0.717) is 18.6 Å². The van der Waals surface area contributed by atoms with Gasteiger partial charge in [-0.1, -0.05) is 0 Å². The van der Waals surface area contributed by atoms with E-state index in [1.165, 1.54) is 0 Å². The molecule has 2 heterocycles. The van der Waals surface area contributed by atoms with Crippen LogP contribution < -0.4 is 5.32 Å². The first-order chi connectivity index (χ1) is 8.76. The Bertz CT molecular complexity index is 283. The second-order valence-electron chi connectivity index (χ2n) is 5.35. The van der Waals surface area contributed by atoms with Crippen molar-refractivity contribution < 1.29 is 14.3 Å². The standard InChI is InChI=1S/C13H24N2O3.ClH/c1-17-9-5-14-10-12(16)15-6-2-13(11-15)3-7-18-8-4-13;/h14H,2-11H2,1H3;1H. The number of nitrogens with zero attached hydrogens (tertiary/aromatic N) is 1. The summed E-state index contributed by atoms with van der Waals surface area (Å²) in [5.41, 5.74) is 0.348. The summed E-state index contributed by atoms with van der Waals surface area (Å²) in [6.45, 7) is 5.34. The van der Waals surface area contributed by atoms with E-state index in [0.717, 1.165) is 52.1 Å². The van der Waals surface area contributed by atoms with Gasteiger partial charge in [-0.15, -0.1) is 12.4 Å². The third-order valence-corrected chi connectivity index (χ3v) is 4.10. The summed E-state index contributed by atoms with van der Waals surface area (Å²) in [5, 5.41) is 3.11. The number of ether oxygens (including phenoxy) is 2. The second kappa shape index (κ2) is 8.04. The SMILES string of the molecule is COCCNCC(=O)N1CCC2(CCOCC2)C1.Cl. The maximum atomic E-state index is 12.0. The van der Waals surface area contributed by atoms with E-state index in [4.69, 9.17) is 9.47 Å². The fraction of sp³-hybridized carbons (Fsp3) is 0.923. The van der Waals surface area contributed by atoms with Gasteiger partial charge in [0.15, 0.2) is 0 Å². The molecule has 2 fully saturated rings. The van der Waals surface area contributed by atoms with Crippen molar-refractivity contribution >= 4 is 18.3 Å². The van der Waals surface area contributed by atoms with E-state index < -0.39 is 0 Å². The summed E-state index contributed by atoms with van der Waals surface area (Å²) in [7, 11) is 1.67. The monoisotopic (exact) mass is 292 g/mol. The van der Waals surface area contributed by atoms with Crippen LogP contribution in [0.2, 0.25) is 0 Å². The molecule has 19 heavy (non-hydrogen) atoms. The Morgan fingerprint density at radius 1 is 1.37 bits per heavy atom. The predicted octanol–water partition coefficient (Wildman–Crippen LogP) is 0.673. The van der Waals surface area contributed by atoms with Crippen LogP contribution >= 0.6 is 12.4 Å². The average Bonchev–Trinajstić information content (AvgIpc) is 2.79. The molecule has 0 aromatic rings. The molecule has 2 rings (SSSR count). The summed E-state index contributed by atoms with van der Waals surface area (Å²) in [6.07, 6.45) is 3.35. The number of hydrogen-bond donors (Lipinski definition) is 1. The zero-order valence-corrected chi connectivity index (χ0v) is 12.5. The number of halogens is 1. The lowest BCUT2D eigenvalue weighted by atomic mass is 9.80. The summed E-state index contributed by atoms with van der Waals surface area (Å²) in [5.74, 6) is 0.217. The molecule has 0 saturated carbocycles. The van der Waals surface area contributed by atoms with Crippen molar-refractivity contribution in [3.05, 3.63) is 0 Å². The van der Waals surface area contributed by atoms with E-state index in [1.807, 2.05) is 4.90 Å². The molecule has 0 aromatic carbocycles. The van der Waals surface area contributed by atoms with Crippen molar-refractivity contribution in [3.63, 3.8) is 0 Å². The fourth-order valence-corrected chi connectivity index (χ4v) is 2.84. The molecule has 2 aliphatic rings. The number of carbonyl (C=O) groups excluding carboxylic acids is 1. The van der Waals surface area contributed by atoms with Gasteiger partial charge in [0.2, 0.25) is 5.91 Å². The quantitative estimate of drug-likeness (QED) is 0.757. The Hall–Kier alpha value is -0.360. The molecule has 0 aliphatic carbocycles. The van der Waals surface area contributed by atoms with Crippen molar-refractivity contribution in [2.75, 3.05) is 53.1 Å². The highest BCUT2D eigenvalue weighted by Gasteiger charge is 2.40. The molecule has 6 heteroatoms. The molecule has 0 unspecified atom stereocenters. The van der Waals surface area contributed by atoms with Crippen molar-refractivity contribution in [3.8, 4) is 0 Å². The maximum absolute atomic E-state index is 12.0. The molecule has 5 nitrogen and oxygen atoms in total. The lowest BCUT2D eigenvalue weighted by Gasteiger charge is -2.33. The first-order valence-corrected chi connectivity index (χ1v) is 6.81. The van der Waals surface area contributed by atoms with Crippen LogP contribution in [0.25, 0.3) is 0 Å². The number of nitrogens with one attached hydrogen (secondary N) is 1. The van der Waals surface area contributed by atoms with Gasteiger partial charge in [0.05, 0.1) is 13.2 Å². The fourth-order valence-electron chi connectivity index (χ4n) is 2.84. The average molecular weight is 293 g/mol. The molecule has 2 saturated heterocycles. The molecule has 112 valence electrons. The van der Waals surface area contributed by atoms with Crippen LogP contribution in [0.1, 0.15) is 19.3 Å². The number of methoxy groups -OCH3 is 1. The summed E-state index contributed by atoms with van der Waals surface area (Å²) in [6, 6.07) is 0. The van der Waals surface area contributed by atoms with Crippen LogP contribution in [0.15, 0.2) is 0 Å². The lowest BCUT2D eigenvalue weighted by Crippen LogP contribution is -2.40. The van der Waals surface area contributed by atoms with Gasteiger partial charge in [-0.25, -0.2) is 0 Å². The van der Waals surface area contributed by atoms with Crippen LogP contribution in [-0.4, -0.2) is 63.9 Å². The van der Waals surface area contributed by atoms with E-state index in [1.54, 1.807) is 7.11 Å². The van der Waals surface area contributed by atoms with E-state index in [9.17, 15) is 4.79 Å². The lowest BCUT2D eigenvalue weighted by molar-refractivity contribution is -0.130. The number of hydrogen-bond acceptors (Lipinski definition) is 4. The van der Waals surface area contributed by atoms with Crippen molar-refractivity contribution in [1.82, 2.24) is 10.2 Å². The molecule has 2 aliphatic heterocycles. The first-order valence-electron chi connectivity index (χ1n) is 6.81. The Balaban J connectivity index is 0.00000180. The van der Waals surface area contributed by atoms with Gasteiger partial charge in [-0.3, -0.25) is 4.79 Å². The summed E-state index contributed by atoms with van der Waals surface area (Å²) < 4.78 is 10.4. The molecular formula is C13H25ClN2O3. The Morgan fingerprint density at radius 3 is 2.79 bits per heavy atom. The first kappa shape index (κ1) is 16.7. The van der Waals surface area contributed by atoms with E-state index in [-0.39, 0.29) is 18.3 Å². The zero-order chi connectivity index (χ0) is 12.8. The molecule has 0 bridgehead atoms. The van der Waals surface area contributed by atoms with Crippen LogP contribution in [0.4, 0.5) is 0 Å². The minimum absolute atomic E-state index is 0. The number of carbonyl (C=O) groups is 1. The topological polar surface area (TPSA) is 50.8 Å². The third kappa shape index (κ3) is 4.60. The second-order valence-corrected chi connectivity index (χ2v) is 5.35.